The molecule has 158 valence electrons. The Morgan fingerprint density at radius 1 is 1.28 bits per heavy atom. The quantitative estimate of drug-likeness (QED) is 0.573. The number of aryl methyl sites for hydroxylation is 2. The van der Waals surface area contributed by atoms with E-state index in [1.807, 2.05) is 13.8 Å². The van der Waals surface area contributed by atoms with Gasteiger partial charge in [0.1, 0.15) is 10.6 Å². The molecule has 29 heavy (non-hydrogen) atoms. The van der Waals surface area contributed by atoms with E-state index in [0.717, 1.165) is 6.42 Å². The monoisotopic (exact) mass is 442 g/mol. The minimum Gasteiger partial charge on any atom is -0.491 e. The summed E-state index contributed by atoms with van der Waals surface area (Å²) in [6.45, 7) is 3.95. The number of ether oxygens (including phenoxy) is 1. The van der Waals surface area contributed by atoms with Gasteiger partial charge in [-0.1, -0.05) is 26.3 Å². The zero-order valence-corrected chi connectivity index (χ0v) is 17.9. The van der Waals surface area contributed by atoms with Gasteiger partial charge in [0.05, 0.1) is 23.6 Å². The normalized spacial score (nSPS) is 11.3. The number of carbonyl (C=O) groups excluding carboxylic acids is 2. The number of amides is 2. The van der Waals surface area contributed by atoms with Gasteiger partial charge in [0, 0.05) is 17.7 Å². The Kier molecular flexibility index (Phi) is 7.26. The summed E-state index contributed by atoms with van der Waals surface area (Å²) in [6, 6.07) is 4.05. The van der Waals surface area contributed by atoms with Crippen LogP contribution in [0.25, 0.3) is 0 Å². The minimum atomic E-state index is -4.15. The van der Waals surface area contributed by atoms with Gasteiger partial charge >= 0.3 is 0 Å². The summed E-state index contributed by atoms with van der Waals surface area (Å²) in [6.07, 6.45) is 1.82. The fraction of sp³-hybridized carbons (Fsp3) is 0.389. The molecule has 0 aliphatic carbocycles. The lowest BCUT2D eigenvalue weighted by atomic mass is 10.1. The summed E-state index contributed by atoms with van der Waals surface area (Å²) in [7, 11) is 2.90. The van der Waals surface area contributed by atoms with E-state index in [9.17, 15) is 18.0 Å². The number of hydrogen-bond donors (Lipinski definition) is 2. The molecule has 0 aliphatic heterocycles. The lowest BCUT2D eigenvalue weighted by Gasteiger charge is -2.14. The van der Waals surface area contributed by atoms with Crippen molar-refractivity contribution >= 4 is 37.2 Å². The Morgan fingerprint density at radius 3 is 2.52 bits per heavy atom. The lowest BCUT2D eigenvalue weighted by molar-refractivity contribution is 0.0992. The lowest BCUT2D eigenvalue weighted by Crippen LogP contribution is -2.21. The fourth-order valence-electron chi connectivity index (χ4n) is 2.83. The van der Waals surface area contributed by atoms with Gasteiger partial charge in [-0.05, 0) is 25.0 Å². The molecule has 0 radical (unpaired) electrons. The van der Waals surface area contributed by atoms with E-state index in [1.54, 1.807) is 7.05 Å². The van der Waals surface area contributed by atoms with Crippen LogP contribution in [-0.2, 0) is 22.5 Å². The molecule has 9 nitrogen and oxygen atoms in total. The molecule has 0 atom stereocenters. The maximum absolute atomic E-state index is 13.0. The van der Waals surface area contributed by atoms with Crippen molar-refractivity contribution < 1.29 is 22.7 Å². The Morgan fingerprint density at radius 2 is 1.97 bits per heavy atom. The van der Waals surface area contributed by atoms with Crippen molar-refractivity contribution in [3.05, 3.63) is 35.2 Å². The van der Waals surface area contributed by atoms with Crippen molar-refractivity contribution in [2.75, 3.05) is 11.9 Å². The van der Waals surface area contributed by atoms with E-state index in [2.05, 4.69) is 10.4 Å². The van der Waals surface area contributed by atoms with Gasteiger partial charge in [-0.3, -0.25) is 14.3 Å². The summed E-state index contributed by atoms with van der Waals surface area (Å²) in [5.74, 6) is -1.58. The second-order valence-corrected chi connectivity index (χ2v) is 8.82. The average molecular weight is 443 g/mol. The number of benzene rings is 1. The molecule has 1 heterocycles. The molecule has 0 aliphatic rings. The van der Waals surface area contributed by atoms with Gasteiger partial charge in [-0.25, -0.2) is 8.42 Å². The topological polar surface area (TPSA) is 133 Å². The summed E-state index contributed by atoms with van der Waals surface area (Å²) < 4.78 is 30.7. The Bertz CT molecular complexity index is 1030. The molecule has 2 rings (SSSR count). The first kappa shape index (κ1) is 22.7. The number of nitrogens with zero attached hydrogens (tertiary/aromatic N) is 2. The first-order valence-electron chi connectivity index (χ1n) is 8.99. The van der Waals surface area contributed by atoms with Crippen molar-refractivity contribution in [1.82, 2.24) is 9.78 Å². The van der Waals surface area contributed by atoms with Crippen LogP contribution in [0.15, 0.2) is 23.1 Å². The number of carbonyl (C=O) groups is 2. The molecule has 0 unspecified atom stereocenters. The summed E-state index contributed by atoms with van der Waals surface area (Å²) >= 11 is 0. The van der Waals surface area contributed by atoms with Crippen molar-refractivity contribution in [2.45, 2.75) is 38.0 Å². The number of anilines is 1. The van der Waals surface area contributed by atoms with Crippen molar-refractivity contribution in [3.63, 3.8) is 0 Å². The molecule has 0 spiro atoms. The standard InChI is InChI=1S/C18H23ClN4O5S/c1-4-7-12-14(15(17(20)24)23(3)22-12)21-18(25)11-8-6-9-13(29(19,26)27)16(11)28-10-5-2/h6,8-9H,4-5,7,10H2,1-3H3,(H2,20,24)(H,21,25). The molecule has 3 N–H and O–H groups in total. The molecule has 11 heteroatoms. The SMILES string of the molecule is CCCOc1c(C(=O)Nc2c(CCC)nn(C)c2C(N)=O)cccc1S(=O)(=O)Cl. The Balaban J connectivity index is 2.56. The van der Waals surface area contributed by atoms with Crippen LogP contribution in [0.2, 0.25) is 0 Å². The number of aromatic nitrogens is 2. The highest BCUT2D eigenvalue weighted by Gasteiger charge is 2.26. The van der Waals surface area contributed by atoms with E-state index >= 15 is 0 Å². The zero-order valence-electron chi connectivity index (χ0n) is 16.4. The number of nitrogens with two attached hydrogens (primary N) is 1. The number of para-hydroxylation sites is 1. The van der Waals surface area contributed by atoms with E-state index in [-0.39, 0.29) is 34.2 Å². The molecular formula is C18H23ClN4O5S. The van der Waals surface area contributed by atoms with Crippen LogP contribution >= 0.6 is 10.7 Å². The van der Waals surface area contributed by atoms with Crippen molar-refractivity contribution in [1.29, 1.82) is 0 Å². The predicted molar refractivity (Wildman–Crippen MR) is 109 cm³/mol. The number of hydrogen-bond acceptors (Lipinski definition) is 6. The molecule has 0 bridgehead atoms. The van der Waals surface area contributed by atoms with Crippen LogP contribution in [0.5, 0.6) is 5.75 Å². The molecule has 2 amide bonds. The van der Waals surface area contributed by atoms with Crippen LogP contribution in [-0.4, -0.2) is 36.6 Å². The molecule has 0 saturated heterocycles. The van der Waals surface area contributed by atoms with E-state index in [4.69, 9.17) is 21.2 Å². The predicted octanol–water partition coefficient (Wildman–Crippen LogP) is 2.44. The summed E-state index contributed by atoms with van der Waals surface area (Å²) in [5.41, 5.74) is 6.13. The van der Waals surface area contributed by atoms with E-state index in [0.29, 0.717) is 18.5 Å². The number of primary amides is 1. The molecular weight excluding hydrogens is 420 g/mol. The largest absolute Gasteiger partial charge is 0.491 e. The Labute approximate surface area is 173 Å². The second-order valence-electron chi connectivity index (χ2n) is 6.28. The number of nitrogens with one attached hydrogen (secondary N) is 1. The van der Waals surface area contributed by atoms with Crippen LogP contribution in [0.3, 0.4) is 0 Å². The summed E-state index contributed by atoms with van der Waals surface area (Å²) in [5, 5.41) is 6.89. The van der Waals surface area contributed by atoms with Crippen molar-refractivity contribution in [3.8, 4) is 5.75 Å². The molecule has 2 aromatic rings. The second kappa shape index (κ2) is 9.27. The van der Waals surface area contributed by atoms with E-state index in [1.165, 1.54) is 22.9 Å². The fourth-order valence-corrected chi connectivity index (χ4v) is 3.82. The smallest absolute Gasteiger partial charge is 0.269 e. The third kappa shape index (κ3) is 5.07. The van der Waals surface area contributed by atoms with Crippen LogP contribution < -0.4 is 15.8 Å². The van der Waals surface area contributed by atoms with Gasteiger partial charge in [0.15, 0.2) is 5.75 Å². The molecule has 0 fully saturated rings. The Hall–Kier alpha value is -2.59. The zero-order chi connectivity index (χ0) is 21.8. The molecule has 1 aromatic carbocycles. The first-order chi connectivity index (χ1) is 13.6. The minimum absolute atomic E-state index is 0.0399. The van der Waals surface area contributed by atoms with E-state index < -0.39 is 20.9 Å². The van der Waals surface area contributed by atoms with Gasteiger partial charge < -0.3 is 15.8 Å². The van der Waals surface area contributed by atoms with Gasteiger partial charge in [0.25, 0.3) is 20.9 Å². The highest BCUT2D eigenvalue weighted by molar-refractivity contribution is 8.13. The highest BCUT2D eigenvalue weighted by atomic mass is 35.7. The number of rotatable bonds is 9. The molecule has 1 aromatic heterocycles. The first-order valence-corrected chi connectivity index (χ1v) is 11.3. The maximum Gasteiger partial charge on any atom is 0.269 e. The maximum atomic E-state index is 13.0. The third-order valence-electron chi connectivity index (χ3n) is 4.02. The number of halogens is 1. The summed E-state index contributed by atoms with van der Waals surface area (Å²) in [4.78, 5) is 24.6. The van der Waals surface area contributed by atoms with Crippen LogP contribution in [0.4, 0.5) is 5.69 Å². The highest BCUT2D eigenvalue weighted by Crippen LogP contribution is 2.32. The third-order valence-corrected chi connectivity index (χ3v) is 5.36. The molecule has 0 saturated carbocycles. The van der Waals surface area contributed by atoms with Crippen LogP contribution in [0.1, 0.15) is 53.2 Å². The average Bonchev–Trinajstić information content (AvgIpc) is 2.94. The van der Waals surface area contributed by atoms with Gasteiger partial charge in [-0.15, -0.1) is 0 Å². The van der Waals surface area contributed by atoms with Crippen LogP contribution in [0, 0.1) is 0 Å². The van der Waals surface area contributed by atoms with Crippen molar-refractivity contribution in [2.24, 2.45) is 12.8 Å². The van der Waals surface area contributed by atoms with Gasteiger partial charge in [0.2, 0.25) is 0 Å². The van der Waals surface area contributed by atoms with Gasteiger partial charge in [-0.2, -0.15) is 5.10 Å².